The van der Waals surface area contributed by atoms with E-state index >= 15 is 0 Å². The number of amides is 1. The number of hydrogen-bond donors (Lipinski definition) is 1. The molecule has 0 aromatic heterocycles. The van der Waals surface area contributed by atoms with Crippen LogP contribution in [0.3, 0.4) is 0 Å². The predicted molar refractivity (Wildman–Crippen MR) is 74.7 cm³/mol. The minimum atomic E-state index is -2.88. The number of carbonyl (C=O) groups excluding carboxylic acids is 1. The lowest BCUT2D eigenvalue weighted by molar-refractivity contribution is 0.0948. The van der Waals surface area contributed by atoms with Crippen molar-refractivity contribution in [3.05, 3.63) is 29.3 Å². The van der Waals surface area contributed by atoms with E-state index in [0.717, 1.165) is 17.7 Å². The number of sulfone groups is 1. The van der Waals surface area contributed by atoms with Gasteiger partial charge in [-0.25, -0.2) is 8.42 Å². The summed E-state index contributed by atoms with van der Waals surface area (Å²) in [5.74, 6) is 1.17. The lowest BCUT2D eigenvalue weighted by Crippen LogP contribution is -2.29. The van der Waals surface area contributed by atoms with Crippen molar-refractivity contribution in [2.45, 2.75) is 12.8 Å². The Bertz CT molecular complexity index is 639. The van der Waals surface area contributed by atoms with Crippen LogP contribution in [0.25, 0.3) is 0 Å². The van der Waals surface area contributed by atoms with Gasteiger partial charge in [0, 0.05) is 18.5 Å². The second-order valence-corrected chi connectivity index (χ2v) is 7.63. The molecular weight excluding hydrogens is 278 g/mol. The highest BCUT2D eigenvalue weighted by Gasteiger charge is 2.28. The number of rotatable bonds is 3. The average molecular weight is 295 g/mol. The van der Waals surface area contributed by atoms with E-state index in [1.165, 1.54) is 0 Å². The van der Waals surface area contributed by atoms with Gasteiger partial charge in [0.05, 0.1) is 18.1 Å². The number of hydrogen-bond acceptors (Lipinski definition) is 4. The molecule has 5 nitrogen and oxygen atoms in total. The van der Waals surface area contributed by atoms with Crippen molar-refractivity contribution in [1.29, 1.82) is 0 Å². The molecule has 20 heavy (non-hydrogen) atoms. The largest absolute Gasteiger partial charge is 0.493 e. The van der Waals surface area contributed by atoms with Crippen LogP contribution < -0.4 is 10.1 Å². The van der Waals surface area contributed by atoms with Crippen LogP contribution in [0, 0.1) is 5.92 Å². The molecule has 2 aliphatic heterocycles. The van der Waals surface area contributed by atoms with Gasteiger partial charge in [-0.1, -0.05) is 0 Å². The predicted octanol–water partition coefficient (Wildman–Crippen LogP) is 0.786. The van der Waals surface area contributed by atoms with E-state index < -0.39 is 9.84 Å². The molecule has 6 heteroatoms. The van der Waals surface area contributed by atoms with Crippen molar-refractivity contribution in [3.8, 4) is 5.75 Å². The quantitative estimate of drug-likeness (QED) is 0.894. The summed E-state index contributed by atoms with van der Waals surface area (Å²) in [4.78, 5) is 12.1. The fraction of sp³-hybridized carbons (Fsp3) is 0.500. The van der Waals surface area contributed by atoms with Gasteiger partial charge in [-0.3, -0.25) is 4.79 Å². The molecule has 0 spiro atoms. The van der Waals surface area contributed by atoms with E-state index in [1.54, 1.807) is 6.07 Å². The highest BCUT2D eigenvalue weighted by Crippen LogP contribution is 2.25. The van der Waals surface area contributed by atoms with Crippen molar-refractivity contribution in [2.24, 2.45) is 5.92 Å². The fourth-order valence-electron chi connectivity index (χ4n) is 2.70. The van der Waals surface area contributed by atoms with E-state index in [2.05, 4.69) is 5.32 Å². The van der Waals surface area contributed by atoms with Gasteiger partial charge < -0.3 is 10.1 Å². The minimum absolute atomic E-state index is 0.0433. The Morgan fingerprint density at radius 2 is 2.25 bits per heavy atom. The Morgan fingerprint density at radius 3 is 3.00 bits per heavy atom. The standard InChI is InChI=1S/C14H17NO4S/c16-14(15-8-10-4-6-20(17,18)9-10)12-1-2-13-11(7-12)3-5-19-13/h1-2,7,10H,3-6,8-9H2,(H,15,16). The van der Waals surface area contributed by atoms with Crippen molar-refractivity contribution in [3.63, 3.8) is 0 Å². The number of fused-ring (bicyclic) bond motifs is 1. The molecule has 1 N–H and O–H groups in total. The molecule has 0 radical (unpaired) electrons. The third-order valence-corrected chi connectivity index (χ3v) is 5.67. The number of benzene rings is 1. The van der Waals surface area contributed by atoms with Crippen LogP contribution in [0.1, 0.15) is 22.3 Å². The first kappa shape index (κ1) is 13.4. The van der Waals surface area contributed by atoms with Gasteiger partial charge in [0.25, 0.3) is 5.91 Å². The molecule has 108 valence electrons. The van der Waals surface area contributed by atoms with Crippen LogP contribution in [0.5, 0.6) is 5.75 Å². The highest BCUT2D eigenvalue weighted by atomic mass is 32.2. The zero-order chi connectivity index (χ0) is 14.2. The fourth-order valence-corrected chi connectivity index (χ4v) is 4.56. The topological polar surface area (TPSA) is 72.5 Å². The maximum Gasteiger partial charge on any atom is 0.251 e. The molecule has 0 saturated carbocycles. The zero-order valence-electron chi connectivity index (χ0n) is 11.1. The van der Waals surface area contributed by atoms with Crippen molar-refractivity contribution < 1.29 is 17.9 Å². The van der Waals surface area contributed by atoms with E-state index in [9.17, 15) is 13.2 Å². The summed E-state index contributed by atoms with van der Waals surface area (Å²) in [6, 6.07) is 5.41. The Hall–Kier alpha value is -1.56. The molecule has 1 atom stereocenters. The van der Waals surface area contributed by atoms with Crippen molar-refractivity contribution in [2.75, 3.05) is 24.7 Å². The van der Waals surface area contributed by atoms with Gasteiger partial charge in [-0.15, -0.1) is 0 Å². The summed E-state index contributed by atoms with van der Waals surface area (Å²) in [5.41, 5.74) is 1.66. The smallest absolute Gasteiger partial charge is 0.251 e. The van der Waals surface area contributed by atoms with Crippen molar-refractivity contribution >= 4 is 15.7 Å². The zero-order valence-corrected chi connectivity index (χ0v) is 11.9. The van der Waals surface area contributed by atoms with Gasteiger partial charge in [0.2, 0.25) is 0 Å². The van der Waals surface area contributed by atoms with E-state index in [1.807, 2.05) is 12.1 Å². The molecule has 1 aromatic rings. The second kappa shape index (κ2) is 5.09. The summed E-state index contributed by atoms with van der Waals surface area (Å²) in [7, 11) is -2.88. The van der Waals surface area contributed by atoms with Gasteiger partial charge in [0.1, 0.15) is 5.75 Å². The first-order valence-corrected chi connectivity index (χ1v) is 8.60. The Morgan fingerprint density at radius 1 is 1.40 bits per heavy atom. The molecule has 3 rings (SSSR count). The van der Waals surface area contributed by atoms with E-state index in [4.69, 9.17) is 4.74 Å². The summed E-state index contributed by atoms with van der Waals surface area (Å²) < 4.78 is 28.1. The van der Waals surface area contributed by atoms with Crippen molar-refractivity contribution in [1.82, 2.24) is 5.32 Å². The molecular formula is C14H17NO4S. The summed E-state index contributed by atoms with van der Waals surface area (Å²) in [6.45, 7) is 1.09. The monoisotopic (exact) mass is 295 g/mol. The molecule has 2 heterocycles. The normalized spacial score (nSPS) is 23.1. The van der Waals surface area contributed by atoms with Crippen LogP contribution >= 0.6 is 0 Å². The van der Waals surface area contributed by atoms with Gasteiger partial charge in [-0.05, 0) is 36.1 Å². The first-order valence-electron chi connectivity index (χ1n) is 6.78. The highest BCUT2D eigenvalue weighted by molar-refractivity contribution is 7.91. The molecule has 1 unspecified atom stereocenters. The van der Waals surface area contributed by atoms with Gasteiger partial charge >= 0.3 is 0 Å². The molecule has 1 amide bonds. The first-order chi connectivity index (χ1) is 9.53. The van der Waals surface area contributed by atoms with Gasteiger partial charge in [-0.2, -0.15) is 0 Å². The third-order valence-electron chi connectivity index (χ3n) is 3.83. The number of nitrogens with one attached hydrogen (secondary N) is 1. The summed E-state index contributed by atoms with van der Waals surface area (Å²) in [6.07, 6.45) is 1.47. The Balaban J connectivity index is 1.60. The third kappa shape index (κ3) is 2.80. The average Bonchev–Trinajstić information content (AvgIpc) is 3.01. The second-order valence-electron chi connectivity index (χ2n) is 5.40. The summed E-state index contributed by atoms with van der Waals surface area (Å²) in [5, 5.41) is 2.83. The number of carbonyl (C=O) groups is 1. The van der Waals surface area contributed by atoms with Crippen LogP contribution in [0.15, 0.2) is 18.2 Å². The molecule has 0 bridgehead atoms. The van der Waals surface area contributed by atoms with Crippen LogP contribution in [0.2, 0.25) is 0 Å². The lowest BCUT2D eigenvalue weighted by atomic mass is 10.1. The number of ether oxygens (including phenoxy) is 1. The van der Waals surface area contributed by atoms with E-state index in [-0.39, 0.29) is 23.3 Å². The van der Waals surface area contributed by atoms with Crippen LogP contribution in [0.4, 0.5) is 0 Å². The molecule has 1 fully saturated rings. The molecule has 0 aliphatic carbocycles. The summed E-state index contributed by atoms with van der Waals surface area (Å²) >= 11 is 0. The maximum absolute atomic E-state index is 12.1. The molecule has 2 aliphatic rings. The van der Waals surface area contributed by atoms with Crippen LogP contribution in [-0.2, 0) is 16.3 Å². The minimum Gasteiger partial charge on any atom is -0.493 e. The maximum atomic E-state index is 12.1. The van der Waals surface area contributed by atoms with E-state index in [0.29, 0.717) is 25.1 Å². The van der Waals surface area contributed by atoms with Gasteiger partial charge in [0.15, 0.2) is 9.84 Å². The Labute approximate surface area is 118 Å². The van der Waals surface area contributed by atoms with Crippen LogP contribution in [-0.4, -0.2) is 39.0 Å². The molecule has 1 saturated heterocycles. The SMILES string of the molecule is O=C(NCC1CCS(=O)(=O)C1)c1ccc2c(c1)CCO2. The Kier molecular flexibility index (Phi) is 3.41. The lowest BCUT2D eigenvalue weighted by Gasteiger charge is -2.10. The molecule has 1 aromatic carbocycles.